The number of rotatable bonds is 4. The Morgan fingerprint density at radius 1 is 1.31 bits per heavy atom. The van der Waals surface area contributed by atoms with Crippen molar-refractivity contribution in [3.8, 4) is 0 Å². The minimum atomic E-state index is -4.54. The zero-order valence-corrected chi connectivity index (χ0v) is 14.4. The van der Waals surface area contributed by atoms with Crippen molar-refractivity contribution in [2.75, 3.05) is 7.05 Å². The molecular formula is C15H17F3N4O3S. The van der Waals surface area contributed by atoms with Crippen molar-refractivity contribution in [1.82, 2.24) is 19.6 Å². The number of aromatic nitrogens is 2. The average Bonchev–Trinajstić information content (AvgIpc) is 2.97. The molecule has 0 radical (unpaired) electrons. The lowest BCUT2D eigenvalue weighted by molar-refractivity contribution is -0.137. The summed E-state index contributed by atoms with van der Waals surface area (Å²) in [6.07, 6.45) is -2.77. The Hall–Kier alpha value is -1.69. The van der Waals surface area contributed by atoms with Crippen molar-refractivity contribution < 1.29 is 26.7 Å². The number of alkyl halides is 3. The highest BCUT2D eigenvalue weighted by Gasteiger charge is 2.62. The van der Waals surface area contributed by atoms with E-state index >= 15 is 0 Å². The van der Waals surface area contributed by atoms with Gasteiger partial charge in [-0.1, -0.05) is 0 Å². The fourth-order valence-corrected chi connectivity index (χ4v) is 4.92. The molecule has 2 aliphatic carbocycles. The molecule has 0 bridgehead atoms. The first-order valence-corrected chi connectivity index (χ1v) is 9.50. The maximum absolute atomic E-state index is 13.2. The topological polar surface area (TPSA) is 107 Å². The molecule has 142 valence electrons. The van der Waals surface area contributed by atoms with Crippen molar-refractivity contribution in [2.24, 2.45) is 11.8 Å². The second-order valence-electron chi connectivity index (χ2n) is 6.97. The number of hydrogen-bond acceptors (Lipinski definition) is 4. The Kier molecular flexibility index (Phi) is 3.69. The van der Waals surface area contributed by atoms with Crippen LogP contribution in [0.15, 0.2) is 18.3 Å². The summed E-state index contributed by atoms with van der Waals surface area (Å²) < 4.78 is 67.4. The van der Waals surface area contributed by atoms with Gasteiger partial charge in [0.05, 0.1) is 22.9 Å². The summed E-state index contributed by atoms with van der Waals surface area (Å²) in [5.41, 5.74) is -1.92. The molecule has 2 aromatic rings. The van der Waals surface area contributed by atoms with E-state index < -0.39 is 27.6 Å². The number of aliphatic hydroxyl groups is 1. The molecule has 1 heterocycles. The molecule has 26 heavy (non-hydrogen) atoms. The fourth-order valence-electron chi connectivity index (χ4n) is 4.10. The predicted molar refractivity (Wildman–Crippen MR) is 86.1 cm³/mol. The van der Waals surface area contributed by atoms with Gasteiger partial charge in [0.1, 0.15) is 0 Å². The second kappa shape index (κ2) is 5.41. The van der Waals surface area contributed by atoms with Gasteiger partial charge in [0.2, 0.25) is 0 Å². The fraction of sp³-hybridized carbons (Fsp3) is 0.533. The van der Waals surface area contributed by atoms with Crippen LogP contribution in [0.4, 0.5) is 13.2 Å². The van der Waals surface area contributed by atoms with E-state index in [1.165, 1.54) is 13.2 Å². The zero-order chi connectivity index (χ0) is 18.9. The largest absolute Gasteiger partial charge is 0.416 e. The lowest BCUT2D eigenvalue weighted by atomic mass is 9.85. The predicted octanol–water partition coefficient (Wildman–Crippen LogP) is 1.23. The first kappa shape index (κ1) is 17.7. The molecule has 0 spiro atoms. The number of nitrogens with one attached hydrogen (secondary N) is 3. The van der Waals surface area contributed by atoms with Crippen LogP contribution >= 0.6 is 0 Å². The molecule has 2 unspecified atom stereocenters. The van der Waals surface area contributed by atoms with E-state index in [-0.39, 0.29) is 41.8 Å². The third-order valence-electron chi connectivity index (χ3n) is 5.43. The molecule has 2 fully saturated rings. The monoisotopic (exact) mass is 390 g/mol. The summed E-state index contributed by atoms with van der Waals surface area (Å²) in [5.74, 6) is -0.223. The highest BCUT2D eigenvalue weighted by molar-refractivity contribution is 7.87. The third-order valence-corrected chi connectivity index (χ3v) is 6.55. The number of H-pyrrole nitrogens is 1. The summed E-state index contributed by atoms with van der Waals surface area (Å²) >= 11 is 0. The number of hydrogen-bond donors (Lipinski definition) is 4. The van der Waals surface area contributed by atoms with Crippen LogP contribution in [0, 0.1) is 11.8 Å². The molecule has 0 amide bonds. The zero-order valence-electron chi connectivity index (χ0n) is 13.6. The molecule has 1 aromatic heterocycles. The van der Waals surface area contributed by atoms with Gasteiger partial charge in [0.15, 0.2) is 0 Å². The number of benzene rings is 1. The van der Waals surface area contributed by atoms with Crippen molar-refractivity contribution >= 4 is 21.1 Å². The van der Waals surface area contributed by atoms with Gasteiger partial charge in [-0.2, -0.15) is 31.4 Å². The maximum atomic E-state index is 13.2. The van der Waals surface area contributed by atoms with Crippen LogP contribution in [0.1, 0.15) is 24.0 Å². The van der Waals surface area contributed by atoms with Crippen LogP contribution in [-0.2, 0) is 22.0 Å². The minimum Gasteiger partial charge on any atom is -0.385 e. The molecular weight excluding hydrogens is 373 g/mol. The molecule has 1 aromatic carbocycles. The third kappa shape index (κ3) is 2.79. The Morgan fingerprint density at radius 2 is 1.96 bits per heavy atom. The van der Waals surface area contributed by atoms with Crippen LogP contribution in [0.25, 0.3) is 10.9 Å². The van der Waals surface area contributed by atoms with Gasteiger partial charge in [0, 0.05) is 18.5 Å². The van der Waals surface area contributed by atoms with Gasteiger partial charge in [-0.25, -0.2) is 4.72 Å². The molecule has 4 rings (SSSR count). The number of aromatic amines is 1. The molecule has 4 N–H and O–H groups in total. The highest BCUT2D eigenvalue weighted by atomic mass is 32.2. The number of fused-ring (bicyclic) bond motifs is 2. The van der Waals surface area contributed by atoms with Gasteiger partial charge in [-0.3, -0.25) is 5.10 Å². The Balaban J connectivity index is 1.65. The van der Waals surface area contributed by atoms with Gasteiger partial charge in [-0.05, 0) is 42.4 Å². The van der Waals surface area contributed by atoms with E-state index in [2.05, 4.69) is 19.6 Å². The number of halogens is 3. The summed E-state index contributed by atoms with van der Waals surface area (Å²) in [6, 6.07) is 1.63. The van der Waals surface area contributed by atoms with E-state index in [1.54, 1.807) is 0 Å². The Morgan fingerprint density at radius 3 is 2.54 bits per heavy atom. The van der Waals surface area contributed by atoms with E-state index in [4.69, 9.17) is 0 Å². The van der Waals surface area contributed by atoms with Crippen LogP contribution in [-0.4, -0.2) is 36.8 Å². The first-order valence-electron chi connectivity index (χ1n) is 8.02. The summed E-state index contributed by atoms with van der Waals surface area (Å²) in [6.45, 7) is 0. The summed E-state index contributed by atoms with van der Waals surface area (Å²) in [4.78, 5) is 0. The van der Waals surface area contributed by atoms with Crippen LogP contribution < -0.4 is 9.44 Å². The van der Waals surface area contributed by atoms with E-state index in [1.807, 2.05) is 0 Å². The average molecular weight is 390 g/mol. The smallest absolute Gasteiger partial charge is 0.385 e. The maximum Gasteiger partial charge on any atom is 0.416 e. The number of nitrogens with zero attached hydrogens (tertiary/aromatic N) is 1. The van der Waals surface area contributed by atoms with Crippen LogP contribution in [0.2, 0.25) is 0 Å². The molecule has 7 nitrogen and oxygen atoms in total. The Bertz CT molecular complexity index is 960. The van der Waals surface area contributed by atoms with Crippen molar-refractivity contribution in [3.05, 3.63) is 29.5 Å². The lowest BCUT2D eigenvalue weighted by Crippen LogP contribution is -2.39. The van der Waals surface area contributed by atoms with Gasteiger partial charge in [0.25, 0.3) is 10.2 Å². The van der Waals surface area contributed by atoms with E-state index in [0.29, 0.717) is 5.39 Å². The van der Waals surface area contributed by atoms with E-state index in [9.17, 15) is 26.7 Å². The van der Waals surface area contributed by atoms with Gasteiger partial charge >= 0.3 is 6.18 Å². The highest BCUT2D eigenvalue weighted by Crippen LogP contribution is 2.60. The normalized spacial score (nSPS) is 31.3. The van der Waals surface area contributed by atoms with Crippen LogP contribution in [0.5, 0.6) is 0 Å². The molecule has 2 aliphatic rings. The van der Waals surface area contributed by atoms with Gasteiger partial charge < -0.3 is 5.11 Å². The first-order chi connectivity index (χ1) is 12.0. The standard InChI is InChI=1S/C15H17F3N4O3S/c1-19-26(24,25)22-13-8-4-14(23,5-9(8)13)11-2-7(15(16,17)18)3-12-10(11)6-20-21-12/h2-3,6,8-9,13,19,22-23H,4-5H2,1H3,(H,20,21)/t8-,9+,13?,14?. The van der Waals surface area contributed by atoms with E-state index in [0.717, 1.165) is 12.1 Å². The molecule has 4 atom stereocenters. The summed E-state index contributed by atoms with van der Waals surface area (Å²) in [5, 5.41) is 17.8. The lowest BCUT2D eigenvalue weighted by Gasteiger charge is -2.28. The summed E-state index contributed by atoms with van der Waals surface area (Å²) in [7, 11) is -2.31. The SMILES string of the molecule is CNS(=O)(=O)NC1[C@H]2CC(O)(c3cc(C(F)(F)F)cc4[nH]ncc34)C[C@@H]12. The molecule has 11 heteroatoms. The molecule has 2 saturated carbocycles. The van der Waals surface area contributed by atoms with Gasteiger partial charge in [-0.15, -0.1) is 0 Å². The quantitative estimate of drug-likeness (QED) is 0.630. The molecule has 0 aliphatic heterocycles. The second-order valence-corrected chi connectivity index (χ2v) is 8.62. The van der Waals surface area contributed by atoms with Crippen molar-refractivity contribution in [3.63, 3.8) is 0 Å². The minimum absolute atomic E-state index is 0.111. The van der Waals surface area contributed by atoms with Crippen LogP contribution in [0.3, 0.4) is 0 Å². The van der Waals surface area contributed by atoms with Crippen molar-refractivity contribution in [1.29, 1.82) is 0 Å². The molecule has 0 saturated heterocycles. The van der Waals surface area contributed by atoms with Crippen molar-refractivity contribution in [2.45, 2.75) is 30.7 Å². The Labute approximate surface area is 147 Å².